The summed E-state index contributed by atoms with van der Waals surface area (Å²) < 4.78 is 12.8. The second-order valence-corrected chi connectivity index (χ2v) is 8.68. The Labute approximate surface area is 190 Å². The van der Waals surface area contributed by atoms with Crippen molar-refractivity contribution in [2.24, 2.45) is 5.41 Å². The van der Waals surface area contributed by atoms with Gasteiger partial charge in [0.05, 0.1) is 35.3 Å². The van der Waals surface area contributed by atoms with Crippen LogP contribution in [0, 0.1) is 16.7 Å². The Morgan fingerprint density at radius 3 is 2.70 bits per heavy atom. The first-order chi connectivity index (χ1) is 15.7. The molecule has 0 saturated heterocycles. The van der Waals surface area contributed by atoms with E-state index in [-0.39, 0.29) is 18.5 Å². The Morgan fingerprint density at radius 1 is 1.24 bits per heavy atom. The van der Waals surface area contributed by atoms with Crippen molar-refractivity contribution in [1.29, 1.82) is 5.26 Å². The molecule has 0 amide bonds. The lowest BCUT2D eigenvalue weighted by atomic mass is 9.94. The molecule has 0 bridgehead atoms. The lowest BCUT2D eigenvalue weighted by Gasteiger charge is -2.19. The molecule has 2 aromatic heterocycles. The number of carboxylic acids is 1. The molecule has 1 N–H and O–H groups in total. The van der Waals surface area contributed by atoms with E-state index in [4.69, 9.17) is 9.26 Å². The average molecular weight is 445 g/mol. The lowest BCUT2D eigenvalue weighted by Crippen LogP contribution is -2.29. The Bertz CT molecular complexity index is 1380. The highest BCUT2D eigenvalue weighted by Crippen LogP contribution is 2.29. The minimum atomic E-state index is -0.946. The van der Waals surface area contributed by atoms with Crippen LogP contribution in [-0.4, -0.2) is 37.1 Å². The summed E-state index contributed by atoms with van der Waals surface area (Å²) in [6.07, 6.45) is 1.64. The Balaban J connectivity index is 1.62. The van der Waals surface area contributed by atoms with E-state index in [1.165, 1.54) is 0 Å². The van der Waals surface area contributed by atoms with Crippen LogP contribution in [0.5, 0.6) is 5.75 Å². The van der Waals surface area contributed by atoms with Gasteiger partial charge in [0, 0.05) is 16.5 Å². The zero-order valence-electron chi connectivity index (χ0n) is 18.7. The normalized spacial score (nSPS) is 11.6. The number of hydrogen-bond acceptors (Lipinski definition) is 7. The summed E-state index contributed by atoms with van der Waals surface area (Å²) in [4.78, 5) is 15.9. The van der Waals surface area contributed by atoms with Crippen molar-refractivity contribution in [3.8, 4) is 34.7 Å². The predicted octanol–water partition coefficient (Wildman–Crippen LogP) is 4.52. The highest BCUT2D eigenvalue weighted by atomic mass is 16.5. The largest absolute Gasteiger partial charge is 0.490 e. The molecule has 0 saturated carbocycles. The number of rotatable bonds is 7. The van der Waals surface area contributed by atoms with E-state index in [0.29, 0.717) is 22.7 Å². The van der Waals surface area contributed by atoms with Crippen LogP contribution in [-0.2, 0) is 11.3 Å². The number of hydrogen-bond donors (Lipinski definition) is 1. The first-order valence-electron chi connectivity index (χ1n) is 10.4. The van der Waals surface area contributed by atoms with Gasteiger partial charge >= 0.3 is 5.97 Å². The number of ether oxygens (including phenoxy) is 1. The molecule has 0 atom stereocenters. The van der Waals surface area contributed by atoms with E-state index in [1.54, 1.807) is 42.9 Å². The molecule has 0 spiro atoms. The van der Waals surface area contributed by atoms with Gasteiger partial charge in [-0.1, -0.05) is 5.16 Å². The number of nitriles is 1. The summed E-state index contributed by atoms with van der Waals surface area (Å²) in [5, 5.41) is 28.1. The van der Waals surface area contributed by atoms with Gasteiger partial charge in [0.25, 0.3) is 5.89 Å². The van der Waals surface area contributed by atoms with Crippen molar-refractivity contribution in [2.45, 2.75) is 40.3 Å². The summed E-state index contributed by atoms with van der Waals surface area (Å²) in [6.45, 7) is 7.36. The van der Waals surface area contributed by atoms with Crippen LogP contribution < -0.4 is 4.74 Å². The maximum absolute atomic E-state index is 11.5. The van der Waals surface area contributed by atoms with Crippen molar-refractivity contribution >= 4 is 16.9 Å². The standard InChI is InChI=1S/C24H23N5O4/c1-14(2)32-20-8-6-16(10-17(20)11-25)22-27-21(28-33-22)15-5-7-19-18(9-15)12-26-29(19)13-24(3,4)23(30)31/h5-10,12,14H,13H2,1-4H3,(H,30,31). The van der Waals surface area contributed by atoms with Gasteiger partial charge < -0.3 is 14.4 Å². The van der Waals surface area contributed by atoms with Crippen molar-refractivity contribution < 1.29 is 19.2 Å². The van der Waals surface area contributed by atoms with Gasteiger partial charge in [-0.25, -0.2) is 0 Å². The maximum atomic E-state index is 11.5. The highest BCUT2D eigenvalue weighted by molar-refractivity contribution is 5.84. The summed E-state index contributed by atoms with van der Waals surface area (Å²) >= 11 is 0. The van der Waals surface area contributed by atoms with Crippen LogP contribution >= 0.6 is 0 Å². The molecule has 2 aromatic carbocycles. The molecule has 0 aliphatic rings. The predicted molar refractivity (Wildman–Crippen MR) is 120 cm³/mol. The minimum absolute atomic E-state index is 0.0487. The maximum Gasteiger partial charge on any atom is 0.310 e. The fourth-order valence-electron chi connectivity index (χ4n) is 3.36. The number of benzene rings is 2. The topological polar surface area (TPSA) is 127 Å². The average Bonchev–Trinajstić information content (AvgIpc) is 3.41. The van der Waals surface area contributed by atoms with Crippen molar-refractivity contribution in [3.05, 3.63) is 48.2 Å². The first-order valence-corrected chi connectivity index (χ1v) is 10.4. The second-order valence-electron chi connectivity index (χ2n) is 8.68. The van der Waals surface area contributed by atoms with Gasteiger partial charge in [-0.05, 0) is 64.1 Å². The van der Waals surface area contributed by atoms with Crippen LogP contribution in [0.4, 0.5) is 0 Å². The van der Waals surface area contributed by atoms with Crippen molar-refractivity contribution in [3.63, 3.8) is 0 Å². The molecule has 0 aliphatic heterocycles. The third-order valence-electron chi connectivity index (χ3n) is 5.16. The van der Waals surface area contributed by atoms with Gasteiger partial charge in [0.1, 0.15) is 11.8 Å². The molecule has 0 unspecified atom stereocenters. The number of fused-ring (bicyclic) bond motifs is 1. The van der Waals surface area contributed by atoms with E-state index in [9.17, 15) is 15.2 Å². The summed E-state index contributed by atoms with van der Waals surface area (Å²) in [5.74, 6) is 0.304. The van der Waals surface area contributed by atoms with Crippen LogP contribution in [0.15, 0.2) is 47.1 Å². The van der Waals surface area contributed by atoms with E-state index < -0.39 is 11.4 Å². The van der Waals surface area contributed by atoms with E-state index >= 15 is 0 Å². The second kappa shape index (κ2) is 8.39. The Kier molecular flexibility index (Phi) is 5.60. The molecule has 4 aromatic rings. The van der Waals surface area contributed by atoms with Gasteiger partial charge in [0.15, 0.2) is 0 Å². The van der Waals surface area contributed by atoms with Gasteiger partial charge in [-0.15, -0.1) is 0 Å². The molecule has 0 fully saturated rings. The molecule has 168 valence electrons. The summed E-state index contributed by atoms with van der Waals surface area (Å²) in [7, 11) is 0. The first kappa shape index (κ1) is 22.0. The summed E-state index contributed by atoms with van der Waals surface area (Å²) in [5.41, 5.74) is 1.61. The van der Waals surface area contributed by atoms with E-state index in [2.05, 4.69) is 21.3 Å². The smallest absolute Gasteiger partial charge is 0.310 e. The van der Waals surface area contributed by atoms with E-state index in [1.807, 2.05) is 32.0 Å². The fourth-order valence-corrected chi connectivity index (χ4v) is 3.36. The number of aliphatic carboxylic acids is 1. The number of nitrogens with zero attached hydrogens (tertiary/aromatic N) is 5. The number of carbonyl (C=O) groups is 1. The molecule has 4 rings (SSSR count). The molecule has 2 heterocycles. The van der Waals surface area contributed by atoms with Crippen LogP contribution in [0.2, 0.25) is 0 Å². The third kappa shape index (κ3) is 4.41. The van der Waals surface area contributed by atoms with Crippen LogP contribution in [0.3, 0.4) is 0 Å². The van der Waals surface area contributed by atoms with Crippen molar-refractivity contribution in [1.82, 2.24) is 19.9 Å². The molecular formula is C24H23N5O4. The van der Waals surface area contributed by atoms with E-state index in [0.717, 1.165) is 16.5 Å². The van der Waals surface area contributed by atoms with Crippen LogP contribution in [0.25, 0.3) is 33.7 Å². The molecular weight excluding hydrogens is 422 g/mol. The SMILES string of the molecule is CC(C)Oc1ccc(-c2nc(-c3ccc4c(cnn4CC(C)(C)C(=O)O)c3)no2)cc1C#N. The highest BCUT2D eigenvalue weighted by Gasteiger charge is 2.28. The summed E-state index contributed by atoms with van der Waals surface area (Å²) in [6, 6.07) is 12.9. The van der Waals surface area contributed by atoms with Gasteiger partial charge in [-0.3, -0.25) is 9.48 Å². The zero-order chi connectivity index (χ0) is 23.8. The minimum Gasteiger partial charge on any atom is -0.490 e. The molecule has 33 heavy (non-hydrogen) atoms. The molecule has 0 aliphatic carbocycles. The molecule has 0 radical (unpaired) electrons. The fraction of sp³-hybridized carbons (Fsp3) is 0.292. The Morgan fingerprint density at radius 2 is 2.00 bits per heavy atom. The lowest BCUT2D eigenvalue weighted by molar-refractivity contribution is -0.147. The molecule has 9 heteroatoms. The molecule has 9 nitrogen and oxygen atoms in total. The van der Waals surface area contributed by atoms with Gasteiger partial charge in [0.2, 0.25) is 5.82 Å². The third-order valence-corrected chi connectivity index (χ3v) is 5.16. The van der Waals surface area contributed by atoms with Gasteiger partial charge in [-0.2, -0.15) is 15.3 Å². The monoisotopic (exact) mass is 445 g/mol. The zero-order valence-corrected chi connectivity index (χ0v) is 18.7. The number of aromatic nitrogens is 4. The Hall–Kier alpha value is -4.19. The number of carboxylic acid groups (broad SMARTS) is 1. The van der Waals surface area contributed by atoms with Crippen LogP contribution in [0.1, 0.15) is 33.3 Å². The van der Waals surface area contributed by atoms with Crippen molar-refractivity contribution in [2.75, 3.05) is 0 Å². The quantitative estimate of drug-likeness (QED) is 0.440.